The Balaban J connectivity index is 2.46. The fraction of sp³-hybridized carbons (Fsp3) is 0.455. The lowest BCUT2D eigenvalue weighted by Crippen LogP contribution is -3.06. The first-order chi connectivity index (χ1) is 7.49. The highest BCUT2D eigenvalue weighted by Gasteiger charge is 2.01. The van der Waals surface area contributed by atoms with Crippen molar-refractivity contribution in [1.82, 2.24) is 0 Å². The van der Waals surface area contributed by atoms with Gasteiger partial charge in [0.05, 0.1) is 36.4 Å². The maximum atomic E-state index is 11.6. The van der Waals surface area contributed by atoms with Crippen LogP contribution in [0.2, 0.25) is 0 Å². The smallest absolute Gasteiger partial charge is 0.0765 e. The van der Waals surface area contributed by atoms with E-state index in [4.69, 9.17) is 0 Å². The predicted molar refractivity (Wildman–Crippen MR) is 65.0 cm³/mol. The average Bonchev–Trinajstić information content (AvgIpc) is 2.17. The van der Waals surface area contributed by atoms with Crippen molar-refractivity contribution in [2.24, 2.45) is 0 Å². The lowest BCUT2D eigenvalue weighted by atomic mass is 10.2. The highest BCUT2D eigenvalue weighted by Crippen LogP contribution is 2.10. The van der Waals surface area contributed by atoms with E-state index in [0.29, 0.717) is 6.54 Å². The van der Waals surface area contributed by atoms with Crippen molar-refractivity contribution < 1.29 is 13.3 Å². The van der Waals surface area contributed by atoms with Gasteiger partial charge in [0.25, 0.3) is 0 Å². The van der Waals surface area contributed by atoms with Crippen LogP contribution in [0.3, 0.4) is 0 Å². The second kappa shape index (κ2) is 5.98. The molecule has 0 fully saturated rings. The number of nitrogens with zero attached hydrogens (tertiary/aromatic N) is 1. The Kier molecular flexibility index (Phi) is 4.92. The van der Waals surface area contributed by atoms with E-state index in [1.807, 2.05) is 32.3 Å². The third-order valence-electron chi connectivity index (χ3n) is 2.09. The van der Waals surface area contributed by atoms with Gasteiger partial charge in [-0.15, -0.1) is 0 Å². The molecule has 16 heavy (non-hydrogen) atoms. The molecular weight excluding hydrogens is 224 g/mol. The van der Waals surface area contributed by atoms with E-state index < -0.39 is 10.0 Å². The maximum absolute atomic E-state index is 11.6. The van der Waals surface area contributed by atoms with Crippen LogP contribution in [0.5, 0.6) is 0 Å². The van der Waals surface area contributed by atoms with E-state index in [1.54, 1.807) is 12.1 Å². The molecule has 90 valence electrons. The number of rotatable bonds is 6. The molecule has 0 aliphatic rings. The van der Waals surface area contributed by atoms with Crippen molar-refractivity contribution in [2.45, 2.75) is 5.75 Å². The Labute approximate surface area is 97.3 Å². The molecule has 0 radical (unpaired) electrons. The zero-order chi connectivity index (χ0) is 12.0. The van der Waals surface area contributed by atoms with Crippen molar-refractivity contribution in [3.63, 3.8) is 0 Å². The van der Waals surface area contributed by atoms with E-state index in [-0.39, 0.29) is 5.75 Å². The number of hydrogen-bond acceptors (Lipinski definition) is 2. The lowest BCUT2D eigenvalue weighted by molar-refractivity contribution is -0.856. The highest BCUT2D eigenvalue weighted by molar-refractivity contribution is 7.93. The Morgan fingerprint density at radius 1 is 1.19 bits per heavy atom. The van der Waals surface area contributed by atoms with Gasteiger partial charge in [0.2, 0.25) is 0 Å². The summed E-state index contributed by atoms with van der Waals surface area (Å²) in [6.07, 6.45) is 0. The first-order valence-electron chi connectivity index (χ1n) is 5.24. The molecule has 0 aromatic heterocycles. The highest BCUT2D eigenvalue weighted by atomic mass is 32.2. The predicted octanol–water partition coefficient (Wildman–Crippen LogP) is 0.0346. The van der Waals surface area contributed by atoms with Crippen LogP contribution in [0.1, 0.15) is 5.56 Å². The minimum absolute atomic E-state index is 0.00337. The first kappa shape index (κ1) is 13.2. The molecule has 0 saturated heterocycles. The van der Waals surface area contributed by atoms with Gasteiger partial charge in [0.1, 0.15) is 0 Å². The van der Waals surface area contributed by atoms with Gasteiger partial charge in [0.15, 0.2) is 0 Å². The van der Waals surface area contributed by atoms with Gasteiger partial charge in [-0.2, -0.15) is 0 Å². The molecule has 5 heteroatoms. The molecule has 0 atom stereocenters. The zero-order valence-corrected chi connectivity index (χ0v) is 10.5. The molecule has 0 aliphatic heterocycles. The molecule has 0 amide bonds. The fourth-order valence-corrected chi connectivity index (χ4v) is 2.31. The molecule has 1 rings (SSSR count). The summed E-state index contributed by atoms with van der Waals surface area (Å²) in [4.78, 5) is 1.19. The third-order valence-corrected chi connectivity index (χ3v) is 3.37. The van der Waals surface area contributed by atoms with Crippen molar-refractivity contribution in [3.05, 3.63) is 40.6 Å². The molecule has 1 aromatic rings. The number of benzene rings is 1. The summed E-state index contributed by atoms with van der Waals surface area (Å²) in [6, 6.07) is 9.11. The molecule has 0 bridgehead atoms. The van der Waals surface area contributed by atoms with Crippen LogP contribution in [-0.4, -0.2) is 35.6 Å². The van der Waals surface area contributed by atoms with Crippen molar-refractivity contribution >= 4 is 10.0 Å². The van der Waals surface area contributed by atoms with Gasteiger partial charge in [-0.05, 0) is 5.56 Å². The van der Waals surface area contributed by atoms with Gasteiger partial charge < -0.3 is 9.62 Å². The Hall–Kier alpha value is -0.910. The monoisotopic (exact) mass is 242 g/mol. The van der Waals surface area contributed by atoms with E-state index in [0.717, 1.165) is 12.1 Å². The molecular formula is C11H18N2O2S. The van der Waals surface area contributed by atoms with Gasteiger partial charge >= 0.3 is 0 Å². The zero-order valence-electron chi connectivity index (χ0n) is 9.68. The van der Waals surface area contributed by atoms with Crippen molar-refractivity contribution in [1.29, 1.82) is 0 Å². The standard InChI is InChI=1S/C11H17N2O2S/c1-13(2)9-8-12-16(14,15)10-11-6-4-3-5-7-11/h3-7H,8-10H2,1-2H3/q-1/p+1. The topological polar surface area (TPSA) is 52.7 Å². The summed E-state index contributed by atoms with van der Waals surface area (Å²) < 4.78 is 27.0. The lowest BCUT2D eigenvalue weighted by Gasteiger charge is -2.20. The summed E-state index contributed by atoms with van der Waals surface area (Å²) in [5, 5.41) is 0. The largest absolute Gasteiger partial charge is 0.544 e. The number of likely N-dealkylation sites (N-methyl/N-ethyl adjacent to an activating group) is 1. The SMILES string of the molecule is C[NH+](C)CC[N-]S(=O)(=O)Cc1ccccc1. The number of sulfonamides is 1. The van der Waals surface area contributed by atoms with E-state index in [9.17, 15) is 8.42 Å². The van der Waals surface area contributed by atoms with E-state index in [2.05, 4.69) is 4.72 Å². The number of quaternary nitrogens is 1. The van der Waals surface area contributed by atoms with E-state index in [1.165, 1.54) is 4.90 Å². The molecule has 0 saturated carbocycles. The number of hydrogen-bond donors (Lipinski definition) is 1. The molecule has 0 aliphatic carbocycles. The molecule has 0 heterocycles. The molecule has 1 N–H and O–H groups in total. The third kappa shape index (κ3) is 5.25. The molecule has 1 aromatic carbocycles. The fourth-order valence-electron chi connectivity index (χ4n) is 1.24. The van der Waals surface area contributed by atoms with Crippen LogP contribution < -0.4 is 4.90 Å². The van der Waals surface area contributed by atoms with Gasteiger partial charge in [-0.25, -0.2) is 8.42 Å². The Morgan fingerprint density at radius 2 is 1.81 bits per heavy atom. The van der Waals surface area contributed by atoms with Crippen LogP contribution in [0.25, 0.3) is 4.72 Å². The second-order valence-corrected chi connectivity index (χ2v) is 5.73. The second-order valence-electron chi connectivity index (χ2n) is 4.02. The van der Waals surface area contributed by atoms with Crippen LogP contribution >= 0.6 is 0 Å². The average molecular weight is 242 g/mol. The minimum atomic E-state index is -3.32. The quantitative estimate of drug-likeness (QED) is 0.765. The Morgan fingerprint density at radius 3 is 2.38 bits per heavy atom. The van der Waals surface area contributed by atoms with Crippen LogP contribution in [0.15, 0.2) is 30.3 Å². The van der Waals surface area contributed by atoms with Crippen LogP contribution in [0, 0.1) is 0 Å². The van der Waals surface area contributed by atoms with Gasteiger partial charge in [0, 0.05) is 0 Å². The summed E-state index contributed by atoms with van der Waals surface area (Å²) in [5.74, 6) is -0.00337. The van der Waals surface area contributed by atoms with E-state index >= 15 is 0 Å². The normalized spacial score (nSPS) is 11.9. The molecule has 4 nitrogen and oxygen atoms in total. The van der Waals surface area contributed by atoms with Gasteiger partial charge in [-0.3, -0.25) is 0 Å². The van der Waals surface area contributed by atoms with Crippen LogP contribution in [0.4, 0.5) is 0 Å². The molecule has 0 unspecified atom stereocenters. The summed E-state index contributed by atoms with van der Waals surface area (Å²) >= 11 is 0. The molecule has 0 spiro atoms. The maximum Gasteiger partial charge on any atom is 0.0765 e. The summed E-state index contributed by atoms with van der Waals surface area (Å²) in [5.41, 5.74) is 0.781. The minimum Gasteiger partial charge on any atom is -0.544 e. The van der Waals surface area contributed by atoms with Crippen molar-refractivity contribution in [3.8, 4) is 0 Å². The number of nitrogens with one attached hydrogen (secondary N) is 1. The van der Waals surface area contributed by atoms with Crippen molar-refractivity contribution in [2.75, 3.05) is 27.2 Å². The van der Waals surface area contributed by atoms with Gasteiger partial charge in [-0.1, -0.05) is 36.9 Å². The first-order valence-corrected chi connectivity index (χ1v) is 6.85. The van der Waals surface area contributed by atoms with Crippen LogP contribution in [-0.2, 0) is 15.8 Å². The summed E-state index contributed by atoms with van der Waals surface area (Å²) in [7, 11) is 0.624. The Bertz CT molecular complexity index is 401. The summed E-state index contributed by atoms with van der Waals surface area (Å²) in [6.45, 7) is 1.09.